The molecule has 0 nitrogen and oxygen atoms in total. The van der Waals surface area contributed by atoms with Crippen molar-refractivity contribution in [3.63, 3.8) is 0 Å². The van der Waals surface area contributed by atoms with E-state index in [-0.39, 0.29) is 0 Å². The van der Waals surface area contributed by atoms with E-state index in [2.05, 4.69) is 59.3 Å². The minimum absolute atomic E-state index is 0.557. The number of hydrogen-bond acceptors (Lipinski definition) is 0. The van der Waals surface area contributed by atoms with Gasteiger partial charge in [-0.05, 0) is 77.7 Å². The highest BCUT2D eigenvalue weighted by atomic mass is 79.9. The number of aryl methyl sites for hydroxylation is 1. The molecule has 0 radical (unpaired) electrons. The van der Waals surface area contributed by atoms with Gasteiger partial charge in [0.1, 0.15) is 0 Å². The molecule has 3 aliphatic rings. The summed E-state index contributed by atoms with van der Waals surface area (Å²) in [5.74, 6) is 5.09. The first kappa shape index (κ1) is 12.7. The first-order chi connectivity index (χ1) is 10.3. The molecule has 3 aliphatic carbocycles. The van der Waals surface area contributed by atoms with Gasteiger partial charge in [0, 0.05) is 4.83 Å². The van der Waals surface area contributed by atoms with Crippen molar-refractivity contribution >= 4 is 26.7 Å². The molecule has 0 N–H and O–H groups in total. The second kappa shape index (κ2) is 4.35. The van der Waals surface area contributed by atoms with Crippen LogP contribution in [0.2, 0.25) is 0 Å². The lowest BCUT2D eigenvalue weighted by Crippen LogP contribution is -2.04. The van der Waals surface area contributed by atoms with E-state index >= 15 is 0 Å². The van der Waals surface area contributed by atoms with E-state index in [1.165, 1.54) is 34.7 Å². The molecular weight excluding hydrogens is 320 g/mol. The van der Waals surface area contributed by atoms with Crippen LogP contribution in [-0.2, 0) is 0 Å². The standard InChI is InChI=1S/C20H21Br/c1-11-6-9-16(15-5-3-2-4-14(11)15)20(21)19-17-12-7-8-13(10-12)18(17)19/h2-6,9,12-13,17-20H,7-8,10H2,1H3. The van der Waals surface area contributed by atoms with Gasteiger partial charge in [0.15, 0.2) is 0 Å². The van der Waals surface area contributed by atoms with Crippen molar-refractivity contribution < 1.29 is 0 Å². The molecule has 0 spiro atoms. The second-order valence-corrected chi connectivity index (χ2v) is 8.47. The summed E-state index contributed by atoms with van der Waals surface area (Å²) >= 11 is 4.10. The molecule has 21 heavy (non-hydrogen) atoms. The minimum Gasteiger partial charge on any atom is -0.0835 e. The average molecular weight is 341 g/mol. The van der Waals surface area contributed by atoms with E-state index in [0.717, 1.165) is 29.6 Å². The van der Waals surface area contributed by atoms with Crippen LogP contribution in [0.15, 0.2) is 36.4 Å². The molecule has 1 heteroatoms. The fourth-order valence-corrected chi connectivity index (χ4v) is 6.81. The topological polar surface area (TPSA) is 0 Å². The van der Waals surface area contributed by atoms with E-state index in [4.69, 9.17) is 0 Å². The maximum absolute atomic E-state index is 4.10. The monoisotopic (exact) mass is 340 g/mol. The quantitative estimate of drug-likeness (QED) is 0.599. The van der Waals surface area contributed by atoms with Crippen molar-refractivity contribution in [1.29, 1.82) is 0 Å². The van der Waals surface area contributed by atoms with Crippen LogP contribution in [0.25, 0.3) is 10.8 Å². The number of halogens is 1. The molecule has 0 amide bonds. The fraction of sp³-hybridized carbons (Fsp3) is 0.500. The molecule has 2 aromatic carbocycles. The molecule has 5 atom stereocenters. The van der Waals surface area contributed by atoms with Gasteiger partial charge in [0.05, 0.1) is 0 Å². The van der Waals surface area contributed by atoms with Crippen molar-refractivity contribution in [1.82, 2.24) is 0 Å². The van der Waals surface area contributed by atoms with Gasteiger partial charge in [-0.1, -0.05) is 52.3 Å². The van der Waals surface area contributed by atoms with E-state index < -0.39 is 0 Å². The summed E-state index contributed by atoms with van der Waals surface area (Å²) in [5.41, 5.74) is 2.92. The van der Waals surface area contributed by atoms with Crippen LogP contribution in [-0.4, -0.2) is 0 Å². The Hall–Kier alpha value is -0.820. The predicted molar refractivity (Wildman–Crippen MR) is 91.7 cm³/mol. The van der Waals surface area contributed by atoms with Gasteiger partial charge in [0.25, 0.3) is 0 Å². The Labute approximate surface area is 135 Å². The Morgan fingerprint density at radius 1 is 0.952 bits per heavy atom. The highest BCUT2D eigenvalue weighted by Crippen LogP contribution is 2.73. The molecule has 2 aromatic rings. The van der Waals surface area contributed by atoms with Gasteiger partial charge in [0.2, 0.25) is 0 Å². The second-order valence-electron chi connectivity index (χ2n) is 7.48. The maximum atomic E-state index is 4.10. The summed E-state index contributed by atoms with van der Waals surface area (Å²) in [4.78, 5) is 0.557. The highest BCUT2D eigenvalue weighted by Gasteiger charge is 2.66. The van der Waals surface area contributed by atoms with Crippen molar-refractivity contribution in [2.24, 2.45) is 29.6 Å². The summed E-state index contributed by atoms with van der Waals surface area (Å²) in [7, 11) is 0. The van der Waals surface area contributed by atoms with Crippen molar-refractivity contribution in [3.05, 3.63) is 47.5 Å². The van der Waals surface area contributed by atoms with Crippen molar-refractivity contribution in [3.8, 4) is 0 Å². The van der Waals surface area contributed by atoms with Gasteiger partial charge in [-0.15, -0.1) is 0 Å². The Morgan fingerprint density at radius 3 is 2.33 bits per heavy atom. The SMILES string of the molecule is Cc1ccc(C(Br)C2C3C4CCC(C4)C32)c2ccccc12. The van der Waals surface area contributed by atoms with Crippen LogP contribution >= 0.6 is 15.9 Å². The van der Waals surface area contributed by atoms with Crippen LogP contribution in [0, 0.1) is 36.5 Å². The molecule has 0 saturated heterocycles. The lowest BCUT2D eigenvalue weighted by molar-refractivity contribution is 0.456. The van der Waals surface area contributed by atoms with Crippen LogP contribution in [0.5, 0.6) is 0 Å². The molecule has 2 bridgehead atoms. The Bertz CT molecular complexity index is 703. The Kier molecular flexibility index (Phi) is 2.63. The third-order valence-electron chi connectivity index (χ3n) is 6.61. The largest absolute Gasteiger partial charge is 0.0835 e. The van der Waals surface area contributed by atoms with Crippen LogP contribution in [0.1, 0.15) is 35.2 Å². The van der Waals surface area contributed by atoms with Crippen LogP contribution in [0.3, 0.4) is 0 Å². The predicted octanol–water partition coefficient (Wildman–Crippen LogP) is 5.88. The lowest BCUT2D eigenvalue weighted by atomic mass is 9.93. The first-order valence-corrected chi connectivity index (χ1v) is 9.29. The third kappa shape index (κ3) is 1.67. The zero-order valence-electron chi connectivity index (χ0n) is 12.4. The summed E-state index contributed by atoms with van der Waals surface area (Å²) in [5, 5.41) is 2.88. The van der Waals surface area contributed by atoms with E-state index in [1.54, 1.807) is 6.42 Å². The summed E-state index contributed by atoms with van der Waals surface area (Å²) < 4.78 is 0. The normalized spacial score (nSPS) is 37.7. The molecule has 0 aromatic heterocycles. The summed E-state index contributed by atoms with van der Waals surface area (Å²) in [6, 6.07) is 13.6. The lowest BCUT2D eigenvalue weighted by Gasteiger charge is -2.18. The van der Waals surface area contributed by atoms with Gasteiger partial charge in [-0.3, -0.25) is 0 Å². The molecular formula is C20H21Br. The Balaban J connectivity index is 1.55. The Morgan fingerprint density at radius 2 is 1.62 bits per heavy atom. The molecule has 5 rings (SSSR count). The van der Waals surface area contributed by atoms with E-state index in [9.17, 15) is 0 Å². The first-order valence-electron chi connectivity index (χ1n) is 8.38. The highest BCUT2D eigenvalue weighted by molar-refractivity contribution is 9.09. The molecule has 3 saturated carbocycles. The van der Waals surface area contributed by atoms with Crippen LogP contribution in [0.4, 0.5) is 0 Å². The fourth-order valence-electron chi connectivity index (χ4n) is 5.70. The van der Waals surface area contributed by atoms with Gasteiger partial charge in [-0.2, -0.15) is 0 Å². The number of benzene rings is 2. The van der Waals surface area contributed by atoms with E-state index in [0.29, 0.717) is 4.83 Å². The molecule has 0 aliphatic heterocycles. The maximum Gasteiger partial charge on any atom is 0.0435 e. The smallest absolute Gasteiger partial charge is 0.0435 e. The molecule has 5 unspecified atom stereocenters. The van der Waals surface area contributed by atoms with Crippen molar-refractivity contribution in [2.45, 2.75) is 31.0 Å². The third-order valence-corrected chi connectivity index (χ3v) is 7.71. The van der Waals surface area contributed by atoms with Gasteiger partial charge < -0.3 is 0 Å². The molecule has 3 fully saturated rings. The number of alkyl halides is 1. The van der Waals surface area contributed by atoms with Crippen LogP contribution < -0.4 is 0 Å². The van der Waals surface area contributed by atoms with Gasteiger partial charge in [-0.25, -0.2) is 0 Å². The zero-order chi connectivity index (χ0) is 14.1. The zero-order valence-corrected chi connectivity index (χ0v) is 14.0. The minimum atomic E-state index is 0.557. The number of hydrogen-bond donors (Lipinski definition) is 0. The number of rotatable bonds is 2. The van der Waals surface area contributed by atoms with E-state index in [1.807, 2.05) is 0 Å². The summed E-state index contributed by atoms with van der Waals surface area (Å²) in [6.45, 7) is 2.22. The summed E-state index contributed by atoms with van der Waals surface area (Å²) in [6.07, 6.45) is 4.56. The molecule has 108 valence electrons. The van der Waals surface area contributed by atoms with Crippen molar-refractivity contribution in [2.75, 3.05) is 0 Å². The average Bonchev–Trinajstić information content (AvgIpc) is 2.95. The van der Waals surface area contributed by atoms with Gasteiger partial charge >= 0.3 is 0 Å². The molecule has 0 heterocycles. The number of fused-ring (bicyclic) bond motifs is 6.